The molecule has 180 valence electrons. The summed E-state index contributed by atoms with van der Waals surface area (Å²) >= 11 is 0. The van der Waals surface area contributed by atoms with Crippen molar-refractivity contribution >= 4 is 17.5 Å². The van der Waals surface area contributed by atoms with E-state index >= 15 is 0 Å². The first-order valence-electron chi connectivity index (χ1n) is 11.9. The van der Waals surface area contributed by atoms with Crippen LogP contribution in [0, 0.1) is 13.8 Å². The number of phenolic OH excluding ortho intramolecular Hbond substituents is 1. The maximum absolute atomic E-state index is 13.2. The molecule has 5 nitrogen and oxygen atoms in total. The summed E-state index contributed by atoms with van der Waals surface area (Å²) in [5.41, 5.74) is 10.5. The molecule has 0 saturated heterocycles. The number of primary amides is 1. The van der Waals surface area contributed by atoms with E-state index in [0.29, 0.717) is 12.2 Å². The minimum Gasteiger partial charge on any atom is -0.507 e. The Hall–Kier alpha value is -2.82. The largest absolute Gasteiger partial charge is 0.507 e. The fourth-order valence-corrected chi connectivity index (χ4v) is 4.34. The van der Waals surface area contributed by atoms with Crippen LogP contribution in [-0.4, -0.2) is 16.9 Å². The molecule has 0 spiro atoms. The number of phenols is 1. The van der Waals surface area contributed by atoms with E-state index in [4.69, 9.17) is 5.73 Å². The fraction of sp³-hybridized carbons (Fsp3) is 0.500. The lowest BCUT2D eigenvalue weighted by molar-refractivity contribution is -0.117. The van der Waals surface area contributed by atoms with Gasteiger partial charge >= 0.3 is 0 Å². The topological polar surface area (TPSA) is 92.4 Å². The number of aryl methyl sites for hydroxylation is 2. The van der Waals surface area contributed by atoms with E-state index in [1.54, 1.807) is 0 Å². The molecule has 5 heteroatoms. The number of hydrogen-bond acceptors (Lipinski definition) is 3. The molecular weight excluding hydrogens is 412 g/mol. The highest BCUT2D eigenvalue weighted by Gasteiger charge is 2.22. The van der Waals surface area contributed by atoms with Crippen molar-refractivity contribution in [1.29, 1.82) is 0 Å². The summed E-state index contributed by atoms with van der Waals surface area (Å²) in [6, 6.07) is 9.74. The molecule has 0 radical (unpaired) electrons. The van der Waals surface area contributed by atoms with Crippen LogP contribution in [0.2, 0.25) is 0 Å². The second kappa shape index (κ2) is 11.4. The van der Waals surface area contributed by atoms with Crippen LogP contribution in [0.5, 0.6) is 5.75 Å². The van der Waals surface area contributed by atoms with Crippen molar-refractivity contribution in [2.24, 2.45) is 5.73 Å². The minimum absolute atomic E-state index is 0.0541. The van der Waals surface area contributed by atoms with Gasteiger partial charge in [0.2, 0.25) is 11.8 Å². The van der Waals surface area contributed by atoms with Gasteiger partial charge in [-0.3, -0.25) is 9.59 Å². The maximum atomic E-state index is 13.2. The van der Waals surface area contributed by atoms with Crippen LogP contribution in [-0.2, 0) is 21.4 Å². The third kappa shape index (κ3) is 7.62. The molecule has 0 saturated carbocycles. The van der Waals surface area contributed by atoms with Crippen molar-refractivity contribution in [1.82, 2.24) is 0 Å². The van der Waals surface area contributed by atoms with Crippen molar-refractivity contribution in [3.63, 3.8) is 0 Å². The Morgan fingerprint density at radius 2 is 1.70 bits per heavy atom. The molecule has 2 rings (SSSR count). The number of nitrogens with one attached hydrogen (secondary N) is 1. The fourth-order valence-electron chi connectivity index (χ4n) is 4.34. The molecule has 0 aromatic heterocycles. The summed E-state index contributed by atoms with van der Waals surface area (Å²) in [4.78, 5) is 24.6. The van der Waals surface area contributed by atoms with Gasteiger partial charge in [-0.1, -0.05) is 71.2 Å². The Kier molecular flexibility index (Phi) is 9.09. The van der Waals surface area contributed by atoms with Crippen LogP contribution in [0.4, 0.5) is 5.69 Å². The molecule has 2 aromatic rings. The van der Waals surface area contributed by atoms with E-state index in [1.165, 1.54) is 0 Å². The molecule has 0 fully saturated rings. The molecule has 0 bridgehead atoms. The summed E-state index contributed by atoms with van der Waals surface area (Å²) in [5, 5.41) is 13.3. The van der Waals surface area contributed by atoms with Gasteiger partial charge < -0.3 is 16.2 Å². The number of aromatic hydroxyl groups is 1. The number of unbranched alkanes of at least 4 members (excludes halogenated alkanes) is 2. The molecule has 2 amide bonds. The van der Waals surface area contributed by atoms with Gasteiger partial charge in [0.15, 0.2) is 0 Å². The number of carbonyl (C=O) groups excluding carboxylic acids is 2. The quantitative estimate of drug-likeness (QED) is 0.384. The maximum Gasteiger partial charge on any atom is 0.224 e. The highest BCUT2D eigenvalue weighted by molar-refractivity contribution is 5.92. The van der Waals surface area contributed by atoms with Crippen molar-refractivity contribution < 1.29 is 14.7 Å². The smallest absolute Gasteiger partial charge is 0.224 e. The SMILES string of the molecule is CCCCCC(CC(=O)Nc1cc(CC(N)=O)ccc1C(C)(C)C)c1cc(C)c(O)c(C)c1. The lowest BCUT2D eigenvalue weighted by atomic mass is 9.84. The number of nitrogens with two attached hydrogens (primary N) is 1. The van der Waals surface area contributed by atoms with Gasteiger partial charge in [0.1, 0.15) is 5.75 Å². The summed E-state index contributed by atoms with van der Waals surface area (Å²) in [7, 11) is 0. The molecule has 0 aliphatic carbocycles. The molecule has 0 aliphatic heterocycles. The Labute approximate surface area is 198 Å². The molecule has 0 aliphatic rings. The standard InChI is InChI=1S/C28H40N2O3/c1-7-8-9-10-21(22-13-18(2)27(33)19(3)14-22)17-26(32)30-24-15-20(16-25(29)31)11-12-23(24)28(4,5)6/h11-15,21,33H,7-10,16-17H2,1-6H3,(H2,29,31)(H,30,32). The van der Waals surface area contributed by atoms with E-state index in [-0.39, 0.29) is 23.7 Å². The van der Waals surface area contributed by atoms with Gasteiger partial charge in [-0.05, 0) is 65.5 Å². The number of benzene rings is 2. The Bertz CT molecular complexity index is 966. The monoisotopic (exact) mass is 452 g/mol. The first-order chi connectivity index (χ1) is 15.4. The summed E-state index contributed by atoms with van der Waals surface area (Å²) in [6.45, 7) is 12.3. The Morgan fingerprint density at radius 3 is 2.24 bits per heavy atom. The lowest BCUT2D eigenvalue weighted by Gasteiger charge is -2.25. The average molecular weight is 453 g/mol. The summed E-state index contributed by atoms with van der Waals surface area (Å²) < 4.78 is 0. The van der Waals surface area contributed by atoms with E-state index in [9.17, 15) is 14.7 Å². The third-order valence-corrected chi connectivity index (χ3v) is 6.12. The van der Waals surface area contributed by atoms with Crippen LogP contribution in [0.15, 0.2) is 30.3 Å². The molecule has 4 N–H and O–H groups in total. The van der Waals surface area contributed by atoms with Crippen LogP contribution >= 0.6 is 0 Å². The van der Waals surface area contributed by atoms with E-state index < -0.39 is 5.91 Å². The van der Waals surface area contributed by atoms with Gasteiger partial charge in [0.25, 0.3) is 0 Å². The van der Waals surface area contributed by atoms with Crippen LogP contribution < -0.4 is 11.1 Å². The predicted octanol–water partition coefficient (Wildman–Crippen LogP) is 6.03. The predicted molar refractivity (Wildman–Crippen MR) is 136 cm³/mol. The third-order valence-electron chi connectivity index (χ3n) is 6.12. The van der Waals surface area contributed by atoms with E-state index in [1.807, 2.05) is 44.2 Å². The number of rotatable bonds is 10. The van der Waals surface area contributed by atoms with Crippen LogP contribution in [0.25, 0.3) is 0 Å². The van der Waals surface area contributed by atoms with Crippen molar-refractivity contribution in [3.8, 4) is 5.75 Å². The first kappa shape index (κ1) is 26.4. The molecule has 2 aromatic carbocycles. The van der Waals surface area contributed by atoms with Crippen LogP contribution in [0.1, 0.15) is 93.5 Å². The molecule has 0 heterocycles. The number of anilines is 1. The van der Waals surface area contributed by atoms with Gasteiger partial charge in [-0.25, -0.2) is 0 Å². The average Bonchev–Trinajstić information content (AvgIpc) is 2.69. The zero-order valence-corrected chi connectivity index (χ0v) is 21.0. The number of carbonyl (C=O) groups is 2. The number of hydrogen-bond donors (Lipinski definition) is 3. The molecule has 1 unspecified atom stereocenters. The summed E-state index contributed by atoms with van der Waals surface area (Å²) in [6.07, 6.45) is 4.70. The van der Waals surface area contributed by atoms with Crippen molar-refractivity contribution in [2.45, 2.75) is 91.4 Å². The highest BCUT2D eigenvalue weighted by atomic mass is 16.3. The van der Waals surface area contributed by atoms with Crippen LogP contribution in [0.3, 0.4) is 0 Å². The zero-order chi connectivity index (χ0) is 24.8. The molecule has 33 heavy (non-hydrogen) atoms. The second-order valence-electron chi connectivity index (χ2n) is 10.2. The van der Waals surface area contributed by atoms with Gasteiger partial charge in [-0.2, -0.15) is 0 Å². The van der Waals surface area contributed by atoms with E-state index in [2.05, 4.69) is 33.0 Å². The summed E-state index contributed by atoms with van der Waals surface area (Å²) in [5.74, 6) is -0.0653. The second-order valence-corrected chi connectivity index (χ2v) is 10.2. The highest BCUT2D eigenvalue weighted by Crippen LogP contribution is 2.34. The normalized spacial score (nSPS) is 12.4. The Morgan fingerprint density at radius 1 is 1.06 bits per heavy atom. The van der Waals surface area contributed by atoms with Gasteiger partial charge in [0.05, 0.1) is 6.42 Å². The minimum atomic E-state index is -0.398. The van der Waals surface area contributed by atoms with Gasteiger partial charge in [-0.15, -0.1) is 0 Å². The van der Waals surface area contributed by atoms with E-state index in [0.717, 1.165) is 59.2 Å². The van der Waals surface area contributed by atoms with Gasteiger partial charge in [0, 0.05) is 12.1 Å². The lowest BCUT2D eigenvalue weighted by Crippen LogP contribution is -2.21. The zero-order valence-electron chi connectivity index (χ0n) is 21.0. The molecule has 1 atom stereocenters. The first-order valence-corrected chi connectivity index (χ1v) is 11.9. The van der Waals surface area contributed by atoms with Crippen molar-refractivity contribution in [2.75, 3.05) is 5.32 Å². The Balaban J connectivity index is 2.31. The van der Waals surface area contributed by atoms with Crippen molar-refractivity contribution in [3.05, 3.63) is 58.1 Å². The number of amides is 2. The molecular formula is C28H40N2O3.